The van der Waals surface area contributed by atoms with Crippen LogP contribution >= 0.6 is 23.4 Å². The quantitative estimate of drug-likeness (QED) is 0.148. The number of hydrogen-bond donors (Lipinski definition) is 1. The predicted molar refractivity (Wildman–Crippen MR) is 138 cm³/mol. The Hall–Kier alpha value is -3.42. The van der Waals surface area contributed by atoms with Gasteiger partial charge in [-0.15, -0.1) is 0 Å². The first kappa shape index (κ1) is 23.7. The summed E-state index contributed by atoms with van der Waals surface area (Å²) in [7, 11) is 0. The minimum absolute atomic E-state index is 0.158. The molecular weight excluding hydrogens is 468 g/mol. The lowest BCUT2D eigenvalue weighted by atomic mass is 10.0. The molecule has 1 aromatic heterocycles. The Morgan fingerprint density at radius 1 is 1.06 bits per heavy atom. The summed E-state index contributed by atoms with van der Waals surface area (Å²) in [4.78, 5) is 21.0. The number of carbonyl (C=O) groups is 1. The highest BCUT2D eigenvalue weighted by atomic mass is 35.5. The first-order valence-electron chi connectivity index (χ1n) is 10.6. The summed E-state index contributed by atoms with van der Waals surface area (Å²) in [6.07, 6.45) is 1.61. The van der Waals surface area contributed by atoms with Crippen LogP contribution in [0.15, 0.2) is 77.0 Å². The molecule has 1 amide bonds. The van der Waals surface area contributed by atoms with Gasteiger partial charge in [-0.1, -0.05) is 71.9 Å². The summed E-state index contributed by atoms with van der Waals surface area (Å²) < 4.78 is 6.09. The van der Waals surface area contributed by atoms with E-state index in [4.69, 9.17) is 16.3 Å². The van der Waals surface area contributed by atoms with Gasteiger partial charge in [-0.2, -0.15) is 5.10 Å². The van der Waals surface area contributed by atoms with Crippen LogP contribution in [0.1, 0.15) is 22.5 Å². The topological polar surface area (TPSA) is 76.5 Å². The molecule has 0 fully saturated rings. The molecule has 3 aromatic carbocycles. The number of rotatable bonds is 8. The Labute approximate surface area is 207 Å². The van der Waals surface area contributed by atoms with E-state index in [1.807, 2.05) is 80.6 Å². The molecule has 0 aliphatic carbocycles. The number of hydrogen-bond acceptors (Lipinski definition) is 6. The van der Waals surface area contributed by atoms with E-state index in [1.54, 1.807) is 6.21 Å². The lowest BCUT2D eigenvalue weighted by Gasteiger charge is -2.12. The number of aromatic nitrogens is 2. The molecule has 0 unspecified atom stereocenters. The Bertz CT molecular complexity index is 1340. The lowest BCUT2D eigenvalue weighted by molar-refractivity contribution is -0.118. The average Bonchev–Trinajstić information content (AvgIpc) is 2.82. The monoisotopic (exact) mass is 490 g/mol. The van der Waals surface area contributed by atoms with Gasteiger partial charge in [-0.05, 0) is 42.8 Å². The normalized spacial score (nSPS) is 11.1. The fraction of sp³-hybridized carbons (Fsp3) is 0.154. The Morgan fingerprint density at radius 3 is 2.59 bits per heavy atom. The summed E-state index contributed by atoms with van der Waals surface area (Å²) in [6, 6.07) is 21.3. The predicted octanol–water partition coefficient (Wildman–Crippen LogP) is 5.72. The van der Waals surface area contributed by atoms with Gasteiger partial charge in [0.2, 0.25) is 0 Å². The Balaban J connectivity index is 1.47. The molecule has 1 N–H and O–H groups in total. The Kier molecular flexibility index (Phi) is 7.77. The molecule has 1 heterocycles. The van der Waals surface area contributed by atoms with E-state index < -0.39 is 0 Å². The summed E-state index contributed by atoms with van der Waals surface area (Å²) in [5.41, 5.74) is 5.98. The van der Waals surface area contributed by atoms with E-state index in [2.05, 4.69) is 20.5 Å². The molecule has 0 spiro atoms. The second-order valence-corrected chi connectivity index (χ2v) is 8.94. The van der Waals surface area contributed by atoms with Gasteiger partial charge >= 0.3 is 0 Å². The van der Waals surface area contributed by atoms with Crippen molar-refractivity contribution in [1.29, 1.82) is 0 Å². The SMILES string of the molecule is Cc1cc(C)nc(SCC(=O)NN=Cc2c(OCc3ccccc3Cl)ccc3ccccc23)n1. The Morgan fingerprint density at radius 2 is 1.79 bits per heavy atom. The van der Waals surface area contributed by atoms with Gasteiger partial charge in [0.1, 0.15) is 12.4 Å². The van der Waals surface area contributed by atoms with E-state index >= 15 is 0 Å². The van der Waals surface area contributed by atoms with Gasteiger partial charge in [0.25, 0.3) is 5.91 Å². The molecule has 172 valence electrons. The van der Waals surface area contributed by atoms with Crippen molar-refractivity contribution in [2.75, 3.05) is 5.75 Å². The number of halogens is 1. The number of nitrogens with one attached hydrogen (secondary N) is 1. The molecular formula is C26H23ClN4O2S. The number of fused-ring (bicyclic) bond motifs is 1. The maximum absolute atomic E-state index is 12.3. The minimum Gasteiger partial charge on any atom is -0.488 e. The van der Waals surface area contributed by atoms with Gasteiger partial charge in [0.05, 0.1) is 12.0 Å². The zero-order valence-corrected chi connectivity index (χ0v) is 20.4. The number of thioether (sulfide) groups is 1. The number of aryl methyl sites for hydroxylation is 2. The van der Waals surface area contributed by atoms with E-state index in [-0.39, 0.29) is 11.7 Å². The average molecular weight is 491 g/mol. The first-order chi connectivity index (χ1) is 16.5. The zero-order valence-electron chi connectivity index (χ0n) is 18.8. The molecule has 0 saturated carbocycles. The van der Waals surface area contributed by atoms with Gasteiger partial charge in [-0.25, -0.2) is 15.4 Å². The maximum atomic E-state index is 12.3. The number of carbonyl (C=O) groups excluding carboxylic acids is 1. The van der Waals surface area contributed by atoms with Gasteiger partial charge in [0, 0.05) is 27.5 Å². The molecule has 6 nitrogen and oxygen atoms in total. The third kappa shape index (κ3) is 6.12. The molecule has 0 atom stereocenters. The van der Waals surface area contributed by atoms with Crippen LogP contribution in [0.3, 0.4) is 0 Å². The number of nitrogens with zero attached hydrogens (tertiary/aromatic N) is 3. The fourth-order valence-corrected chi connectivity index (χ4v) is 4.33. The van der Waals surface area contributed by atoms with Crippen molar-refractivity contribution in [1.82, 2.24) is 15.4 Å². The third-order valence-corrected chi connectivity index (χ3v) is 6.16. The largest absolute Gasteiger partial charge is 0.488 e. The summed E-state index contributed by atoms with van der Waals surface area (Å²) in [5, 5.41) is 7.42. The number of amides is 1. The standard InChI is InChI=1S/C26H23ClN4O2S/c1-17-13-18(2)30-26(29-17)34-16-25(32)31-28-14-22-21-9-5-3-7-19(21)11-12-24(22)33-15-20-8-4-6-10-23(20)27/h3-14H,15-16H2,1-2H3,(H,31,32). The molecule has 4 rings (SSSR count). The molecule has 0 bridgehead atoms. The molecule has 0 aliphatic heterocycles. The van der Waals surface area contributed by atoms with Crippen molar-refractivity contribution >= 4 is 46.3 Å². The van der Waals surface area contributed by atoms with E-state index in [9.17, 15) is 4.79 Å². The smallest absolute Gasteiger partial charge is 0.250 e. The molecule has 4 aromatic rings. The molecule has 0 saturated heterocycles. The van der Waals surface area contributed by atoms with Crippen LogP contribution in [0.25, 0.3) is 10.8 Å². The summed E-state index contributed by atoms with van der Waals surface area (Å²) in [5.74, 6) is 0.559. The highest BCUT2D eigenvalue weighted by Gasteiger charge is 2.10. The van der Waals surface area contributed by atoms with Crippen molar-refractivity contribution in [2.45, 2.75) is 25.6 Å². The number of benzene rings is 3. The molecule has 34 heavy (non-hydrogen) atoms. The number of ether oxygens (including phenoxy) is 1. The summed E-state index contributed by atoms with van der Waals surface area (Å²) >= 11 is 7.54. The van der Waals surface area contributed by atoms with Gasteiger partial charge < -0.3 is 4.74 Å². The van der Waals surface area contributed by atoms with Crippen molar-refractivity contribution in [3.63, 3.8) is 0 Å². The van der Waals surface area contributed by atoms with E-state index in [0.717, 1.165) is 33.3 Å². The van der Waals surface area contributed by atoms with Crippen LogP contribution < -0.4 is 10.2 Å². The second-order valence-electron chi connectivity index (χ2n) is 7.59. The highest BCUT2D eigenvalue weighted by Crippen LogP contribution is 2.28. The van der Waals surface area contributed by atoms with Crippen molar-refractivity contribution in [2.24, 2.45) is 5.10 Å². The van der Waals surface area contributed by atoms with Crippen LogP contribution in [-0.4, -0.2) is 27.8 Å². The molecule has 8 heteroatoms. The third-order valence-electron chi connectivity index (χ3n) is 4.95. The maximum Gasteiger partial charge on any atom is 0.250 e. The van der Waals surface area contributed by atoms with Gasteiger partial charge in [0.15, 0.2) is 5.16 Å². The molecule has 0 aliphatic rings. The van der Waals surface area contributed by atoms with Crippen LogP contribution in [0.4, 0.5) is 0 Å². The fourth-order valence-electron chi connectivity index (χ4n) is 3.39. The van der Waals surface area contributed by atoms with E-state index in [1.165, 1.54) is 11.8 Å². The van der Waals surface area contributed by atoms with Gasteiger partial charge in [-0.3, -0.25) is 4.79 Å². The van der Waals surface area contributed by atoms with Crippen LogP contribution in [0, 0.1) is 13.8 Å². The molecule has 0 radical (unpaired) electrons. The summed E-state index contributed by atoms with van der Waals surface area (Å²) in [6.45, 7) is 4.12. The van der Waals surface area contributed by atoms with Crippen LogP contribution in [-0.2, 0) is 11.4 Å². The van der Waals surface area contributed by atoms with Crippen LogP contribution in [0.5, 0.6) is 5.75 Å². The number of hydrazone groups is 1. The lowest BCUT2D eigenvalue weighted by Crippen LogP contribution is -2.20. The zero-order chi connectivity index (χ0) is 23.9. The van der Waals surface area contributed by atoms with Crippen molar-refractivity contribution in [3.05, 3.63) is 94.3 Å². The highest BCUT2D eigenvalue weighted by molar-refractivity contribution is 7.99. The van der Waals surface area contributed by atoms with Crippen molar-refractivity contribution in [3.8, 4) is 5.75 Å². The van der Waals surface area contributed by atoms with Crippen molar-refractivity contribution < 1.29 is 9.53 Å². The van der Waals surface area contributed by atoms with Crippen LogP contribution in [0.2, 0.25) is 5.02 Å². The minimum atomic E-state index is -0.247. The first-order valence-corrected chi connectivity index (χ1v) is 12.0. The van der Waals surface area contributed by atoms with E-state index in [0.29, 0.717) is 22.5 Å². The second kappa shape index (κ2) is 11.1.